The first kappa shape index (κ1) is 16.0. The molecule has 122 valence electrons. The molecule has 2 atom stereocenters. The van der Waals surface area contributed by atoms with Crippen LogP contribution in [-0.2, 0) is 18.4 Å². The Kier molecular flexibility index (Phi) is 4.63. The lowest BCUT2D eigenvalue weighted by molar-refractivity contribution is -0.123. The van der Waals surface area contributed by atoms with Crippen LogP contribution >= 0.6 is 11.6 Å². The highest BCUT2D eigenvalue weighted by Crippen LogP contribution is 2.25. The smallest absolute Gasteiger partial charge is 0.220 e. The van der Waals surface area contributed by atoms with Gasteiger partial charge in [0.05, 0.1) is 12.2 Å². The van der Waals surface area contributed by atoms with Gasteiger partial charge in [-0.25, -0.2) is 4.39 Å². The molecule has 1 saturated heterocycles. The number of carbonyl (C=O) groups is 1. The Hall–Kier alpha value is -1.92. The van der Waals surface area contributed by atoms with Crippen LogP contribution in [-0.4, -0.2) is 21.7 Å². The van der Waals surface area contributed by atoms with Gasteiger partial charge in [0.1, 0.15) is 5.82 Å². The van der Waals surface area contributed by atoms with Gasteiger partial charge >= 0.3 is 0 Å². The lowest BCUT2D eigenvalue weighted by Crippen LogP contribution is -2.48. The van der Waals surface area contributed by atoms with Crippen LogP contribution in [0.15, 0.2) is 30.6 Å². The summed E-state index contributed by atoms with van der Waals surface area (Å²) in [6.07, 6.45) is 4.86. The summed E-state index contributed by atoms with van der Waals surface area (Å²) in [6.45, 7) is 0.510. The summed E-state index contributed by atoms with van der Waals surface area (Å²) in [5.41, 5.74) is 1.79. The molecule has 1 amide bonds. The monoisotopic (exact) mass is 336 g/mol. The zero-order valence-corrected chi connectivity index (χ0v) is 13.5. The van der Waals surface area contributed by atoms with Crippen molar-refractivity contribution in [2.24, 2.45) is 7.05 Å². The van der Waals surface area contributed by atoms with Crippen molar-refractivity contribution in [2.45, 2.75) is 31.5 Å². The molecule has 1 aliphatic rings. The summed E-state index contributed by atoms with van der Waals surface area (Å²) in [5, 5.41) is 11.0. The Labute approximate surface area is 138 Å². The van der Waals surface area contributed by atoms with E-state index in [1.54, 1.807) is 16.9 Å². The molecule has 0 spiro atoms. The number of nitrogens with zero attached hydrogens (tertiary/aromatic N) is 2. The fourth-order valence-electron chi connectivity index (χ4n) is 2.84. The highest BCUT2D eigenvalue weighted by molar-refractivity contribution is 6.31. The first-order valence-electron chi connectivity index (χ1n) is 7.48. The van der Waals surface area contributed by atoms with E-state index in [9.17, 15) is 9.18 Å². The van der Waals surface area contributed by atoms with Gasteiger partial charge in [0.25, 0.3) is 0 Å². The van der Waals surface area contributed by atoms with Crippen LogP contribution in [0.3, 0.4) is 0 Å². The van der Waals surface area contributed by atoms with Crippen LogP contribution < -0.4 is 10.6 Å². The lowest BCUT2D eigenvalue weighted by atomic mass is 9.93. The molecule has 1 aromatic heterocycles. The molecule has 3 rings (SSSR count). The summed E-state index contributed by atoms with van der Waals surface area (Å²) < 4.78 is 14.8. The number of nitrogens with one attached hydrogen (secondary N) is 2. The van der Waals surface area contributed by atoms with Gasteiger partial charge in [-0.3, -0.25) is 9.48 Å². The predicted octanol–water partition coefficient (Wildman–Crippen LogP) is 2.32. The minimum atomic E-state index is -0.350. The van der Waals surface area contributed by atoms with Crippen LogP contribution in [0.5, 0.6) is 0 Å². The van der Waals surface area contributed by atoms with Crippen LogP contribution in [0.4, 0.5) is 4.39 Å². The van der Waals surface area contributed by atoms with E-state index in [0.717, 1.165) is 17.5 Å². The van der Waals surface area contributed by atoms with Crippen molar-refractivity contribution in [1.29, 1.82) is 0 Å². The van der Waals surface area contributed by atoms with Gasteiger partial charge in [-0.05, 0) is 24.1 Å². The molecule has 1 aromatic carbocycles. The number of carbonyl (C=O) groups excluding carboxylic acids is 1. The van der Waals surface area contributed by atoms with Crippen molar-refractivity contribution in [3.63, 3.8) is 0 Å². The van der Waals surface area contributed by atoms with E-state index in [1.165, 1.54) is 12.1 Å². The molecule has 0 radical (unpaired) electrons. The van der Waals surface area contributed by atoms with Gasteiger partial charge in [0.2, 0.25) is 5.91 Å². The van der Waals surface area contributed by atoms with Crippen LogP contribution in [0, 0.1) is 5.82 Å². The zero-order chi connectivity index (χ0) is 16.4. The first-order valence-corrected chi connectivity index (χ1v) is 7.86. The number of halogens is 2. The average Bonchev–Trinajstić information content (AvgIpc) is 2.94. The SMILES string of the molecule is Cn1cc([C@@H]2NC(=O)CC[C@H]2NCc2ccc(F)cc2Cl)cn1. The van der Waals surface area contributed by atoms with Crippen LogP contribution in [0.1, 0.15) is 30.0 Å². The summed E-state index contributed by atoms with van der Waals surface area (Å²) in [4.78, 5) is 11.7. The Morgan fingerprint density at radius 3 is 3.04 bits per heavy atom. The van der Waals surface area contributed by atoms with Gasteiger partial charge in [-0.2, -0.15) is 5.10 Å². The summed E-state index contributed by atoms with van der Waals surface area (Å²) >= 11 is 6.06. The maximum Gasteiger partial charge on any atom is 0.220 e. The van der Waals surface area contributed by atoms with E-state index in [2.05, 4.69) is 15.7 Å². The van der Waals surface area contributed by atoms with E-state index in [-0.39, 0.29) is 23.8 Å². The third kappa shape index (κ3) is 3.71. The second-order valence-corrected chi connectivity index (χ2v) is 6.16. The van der Waals surface area contributed by atoms with Gasteiger partial charge in [-0.1, -0.05) is 17.7 Å². The zero-order valence-electron chi connectivity index (χ0n) is 12.7. The number of aryl methyl sites for hydroxylation is 1. The fourth-order valence-corrected chi connectivity index (χ4v) is 3.08. The van der Waals surface area contributed by atoms with Gasteiger partial charge in [0, 0.05) is 42.8 Å². The van der Waals surface area contributed by atoms with E-state index >= 15 is 0 Å². The molecular formula is C16H18ClFN4O. The Bertz CT molecular complexity index is 718. The van der Waals surface area contributed by atoms with Crippen molar-refractivity contribution in [3.8, 4) is 0 Å². The lowest BCUT2D eigenvalue weighted by Gasteiger charge is -2.32. The largest absolute Gasteiger partial charge is 0.348 e. The quantitative estimate of drug-likeness (QED) is 0.901. The molecule has 2 N–H and O–H groups in total. The van der Waals surface area contributed by atoms with E-state index in [0.29, 0.717) is 18.0 Å². The number of rotatable bonds is 4. The first-order chi connectivity index (χ1) is 11.0. The molecule has 2 heterocycles. The third-order valence-corrected chi connectivity index (χ3v) is 4.41. The number of hydrogen-bond acceptors (Lipinski definition) is 3. The molecular weight excluding hydrogens is 319 g/mol. The van der Waals surface area contributed by atoms with E-state index in [1.807, 2.05) is 13.2 Å². The maximum absolute atomic E-state index is 13.1. The van der Waals surface area contributed by atoms with Crippen molar-refractivity contribution >= 4 is 17.5 Å². The highest BCUT2D eigenvalue weighted by Gasteiger charge is 2.30. The number of benzene rings is 1. The topological polar surface area (TPSA) is 59.0 Å². The summed E-state index contributed by atoms with van der Waals surface area (Å²) in [7, 11) is 1.84. The predicted molar refractivity (Wildman–Crippen MR) is 85.4 cm³/mol. The minimum absolute atomic E-state index is 0.0386. The van der Waals surface area contributed by atoms with Gasteiger partial charge < -0.3 is 10.6 Å². The number of hydrogen-bond donors (Lipinski definition) is 2. The molecule has 1 fully saturated rings. The Morgan fingerprint density at radius 1 is 1.52 bits per heavy atom. The molecule has 0 saturated carbocycles. The molecule has 5 nitrogen and oxygen atoms in total. The number of aromatic nitrogens is 2. The normalized spacial score (nSPS) is 21.3. The van der Waals surface area contributed by atoms with Crippen LogP contribution in [0.25, 0.3) is 0 Å². The molecule has 1 aliphatic heterocycles. The van der Waals surface area contributed by atoms with Crippen molar-refractivity contribution in [2.75, 3.05) is 0 Å². The Balaban J connectivity index is 1.72. The average molecular weight is 337 g/mol. The van der Waals surface area contributed by atoms with E-state index in [4.69, 9.17) is 11.6 Å². The fraction of sp³-hybridized carbons (Fsp3) is 0.375. The molecule has 0 bridgehead atoms. The summed E-state index contributed by atoms with van der Waals surface area (Å²) in [5.74, 6) is -0.311. The number of amides is 1. The molecule has 7 heteroatoms. The maximum atomic E-state index is 13.1. The van der Waals surface area contributed by atoms with Crippen molar-refractivity contribution in [1.82, 2.24) is 20.4 Å². The van der Waals surface area contributed by atoms with Gasteiger partial charge in [0.15, 0.2) is 0 Å². The summed E-state index contributed by atoms with van der Waals surface area (Å²) in [6, 6.07) is 4.30. The van der Waals surface area contributed by atoms with E-state index < -0.39 is 0 Å². The number of piperidine rings is 1. The molecule has 0 aliphatic carbocycles. The second kappa shape index (κ2) is 6.68. The van der Waals surface area contributed by atoms with Gasteiger partial charge in [-0.15, -0.1) is 0 Å². The van der Waals surface area contributed by atoms with Crippen molar-refractivity contribution < 1.29 is 9.18 Å². The highest BCUT2D eigenvalue weighted by atomic mass is 35.5. The second-order valence-electron chi connectivity index (χ2n) is 5.75. The van der Waals surface area contributed by atoms with Crippen molar-refractivity contribution in [3.05, 3.63) is 52.6 Å². The third-order valence-electron chi connectivity index (χ3n) is 4.06. The molecule has 0 unspecified atom stereocenters. The Morgan fingerprint density at radius 2 is 2.35 bits per heavy atom. The molecule has 2 aromatic rings. The standard InChI is InChI=1S/C16H18ClFN4O/c1-22-9-11(8-20-22)16-14(4-5-15(23)21-16)19-7-10-2-3-12(18)6-13(10)17/h2-3,6,8-9,14,16,19H,4-5,7H2,1H3,(H,21,23)/t14-,16+/m1/s1. The molecule has 23 heavy (non-hydrogen) atoms. The minimum Gasteiger partial charge on any atom is -0.348 e. The van der Waals surface area contributed by atoms with Crippen LogP contribution in [0.2, 0.25) is 5.02 Å².